The lowest BCUT2D eigenvalue weighted by Gasteiger charge is -2.09. The number of halogens is 3. The molecule has 0 aromatic heterocycles. The number of nitrogens with two attached hydrogens (primary N) is 1. The first-order valence-corrected chi connectivity index (χ1v) is 5.48. The summed E-state index contributed by atoms with van der Waals surface area (Å²) < 4.78 is 39.6. The fourth-order valence-corrected chi connectivity index (χ4v) is 2.10. The summed E-state index contributed by atoms with van der Waals surface area (Å²) in [6.07, 6.45) is -3.62. The van der Waals surface area contributed by atoms with Gasteiger partial charge in [-0.25, -0.2) is 0 Å². The molecule has 1 fully saturated rings. The molecule has 2 rings (SSSR count). The summed E-state index contributed by atoms with van der Waals surface area (Å²) in [6.45, 7) is 1.95. The maximum absolute atomic E-state index is 11.9. The van der Waals surface area contributed by atoms with E-state index in [0.717, 1.165) is 12.0 Å². The molecular weight excluding hydrogens is 231 g/mol. The molecule has 0 spiro atoms. The monoisotopic (exact) mass is 245 g/mol. The molecule has 94 valence electrons. The summed E-state index contributed by atoms with van der Waals surface area (Å²) in [6, 6.07) is 6.17. The Labute approximate surface area is 97.6 Å². The molecule has 0 bridgehead atoms. The minimum absolute atomic E-state index is 0.131. The Morgan fingerprint density at radius 1 is 1.29 bits per heavy atom. The van der Waals surface area contributed by atoms with Crippen LogP contribution in [-0.4, -0.2) is 12.4 Å². The van der Waals surface area contributed by atoms with Crippen molar-refractivity contribution in [1.29, 1.82) is 0 Å². The van der Waals surface area contributed by atoms with Crippen LogP contribution >= 0.6 is 0 Å². The molecule has 17 heavy (non-hydrogen) atoms. The van der Waals surface area contributed by atoms with E-state index in [0.29, 0.717) is 11.8 Å². The SMILES string of the molecule is C[C@H](N)[C@@H]1C[C@H]1c1ccc(OC(F)(F)F)cc1. The molecule has 1 aliphatic rings. The number of ether oxygens (including phenoxy) is 1. The summed E-state index contributed by atoms with van der Waals surface area (Å²) in [5.41, 5.74) is 6.79. The van der Waals surface area contributed by atoms with Crippen molar-refractivity contribution in [3.05, 3.63) is 29.8 Å². The van der Waals surface area contributed by atoms with Crippen LogP contribution in [0, 0.1) is 5.92 Å². The highest BCUT2D eigenvalue weighted by Crippen LogP contribution is 2.49. The fraction of sp³-hybridized carbons (Fsp3) is 0.500. The van der Waals surface area contributed by atoms with Gasteiger partial charge in [0.05, 0.1) is 0 Å². The summed E-state index contributed by atoms with van der Waals surface area (Å²) in [7, 11) is 0. The lowest BCUT2D eigenvalue weighted by Crippen LogP contribution is -2.18. The normalized spacial score (nSPS) is 25.5. The highest BCUT2D eigenvalue weighted by Gasteiger charge is 2.40. The second kappa shape index (κ2) is 4.22. The third kappa shape index (κ3) is 3.12. The van der Waals surface area contributed by atoms with Crippen LogP contribution in [0.4, 0.5) is 13.2 Å². The Kier molecular flexibility index (Phi) is 3.03. The van der Waals surface area contributed by atoms with Crippen LogP contribution in [0.5, 0.6) is 5.75 Å². The van der Waals surface area contributed by atoms with Gasteiger partial charge in [-0.05, 0) is 42.9 Å². The topological polar surface area (TPSA) is 35.2 Å². The Morgan fingerprint density at radius 3 is 2.29 bits per heavy atom. The Morgan fingerprint density at radius 2 is 1.88 bits per heavy atom. The van der Waals surface area contributed by atoms with E-state index in [1.165, 1.54) is 12.1 Å². The van der Waals surface area contributed by atoms with Crippen molar-refractivity contribution in [2.24, 2.45) is 11.7 Å². The quantitative estimate of drug-likeness (QED) is 0.888. The van der Waals surface area contributed by atoms with Gasteiger partial charge in [-0.3, -0.25) is 0 Å². The van der Waals surface area contributed by atoms with Crippen LogP contribution in [-0.2, 0) is 0 Å². The molecule has 0 amide bonds. The standard InChI is InChI=1S/C12H14F3NO/c1-7(16)10-6-11(10)8-2-4-9(5-3-8)17-12(13,14)15/h2-5,7,10-11H,6,16H2,1H3/t7-,10-,11-/m0/s1. The Bertz CT molecular complexity index is 386. The second-order valence-corrected chi connectivity index (χ2v) is 4.48. The molecule has 2 N–H and O–H groups in total. The van der Waals surface area contributed by atoms with Crippen LogP contribution in [0.25, 0.3) is 0 Å². The van der Waals surface area contributed by atoms with Gasteiger partial charge in [-0.1, -0.05) is 12.1 Å². The molecular formula is C12H14F3NO. The average molecular weight is 245 g/mol. The first-order valence-electron chi connectivity index (χ1n) is 5.48. The van der Waals surface area contributed by atoms with Gasteiger partial charge >= 0.3 is 6.36 Å². The van der Waals surface area contributed by atoms with E-state index < -0.39 is 6.36 Å². The third-order valence-corrected chi connectivity index (χ3v) is 3.06. The largest absolute Gasteiger partial charge is 0.573 e. The summed E-state index contributed by atoms with van der Waals surface area (Å²) in [5.74, 6) is 0.651. The molecule has 1 aromatic carbocycles. The van der Waals surface area contributed by atoms with Crippen molar-refractivity contribution in [2.45, 2.75) is 31.7 Å². The third-order valence-electron chi connectivity index (χ3n) is 3.06. The minimum Gasteiger partial charge on any atom is -0.406 e. The molecule has 3 atom stereocenters. The maximum atomic E-state index is 11.9. The van der Waals surface area contributed by atoms with E-state index in [-0.39, 0.29) is 11.8 Å². The molecule has 0 unspecified atom stereocenters. The number of alkyl halides is 3. The van der Waals surface area contributed by atoms with Gasteiger partial charge in [0.2, 0.25) is 0 Å². The molecule has 0 saturated heterocycles. The highest BCUT2D eigenvalue weighted by atomic mass is 19.4. The van der Waals surface area contributed by atoms with Gasteiger partial charge in [-0.2, -0.15) is 0 Å². The van der Waals surface area contributed by atoms with E-state index in [1.54, 1.807) is 12.1 Å². The molecule has 0 radical (unpaired) electrons. The van der Waals surface area contributed by atoms with Crippen LogP contribution in [0.15, 0.2) is 24.3 Å². The number of hydrogen-bond donors (Lipinski definition) is 1. The van der Waals surface area contributed by atoms with Crippen LogP contribution in [0.3, 0.4) is 0 Å². The Balaban J connectivity index is 2.00. The van der Waals surface area contributed by atoms with E-state index in [2.05, 4.69) is 4.74 Å². The lowest BCUT2D eigenvalue weighted by molar-refractivity contribution is -0.274. The first kappa shape index (κ1) is 12.2. The van der Waals surface area contributed by atoms with Gasteiger partial charge < -0.3 is 10.5 Å². The van der Waals surface area contributed by atoms with Crippen molar-refractivity contribution in [1.82, 2.24) is 0 Å². The molecule has 0 aliphatic heterocycles. The zero-order valence-corrected chi connectivity index (χ0v) is 9.37. The zero-order chi connectivity index (χ0) is 12.6. The predicted molar refractivity (Wildman–Crippen MR) is 57.6 cm³/mol. The Hall–Kier alpha value is -1.23. The maximum Gasteiger partial charge on any atom is 0.573 e. The minimum atomic E-state index is -4.63. The lowest BCUT2D eigenvalue weighted by atomic mass is 10.1. The first-order chi connectivity index (χ1) is 7.87. The molecule has 1 saturated carbocycles. The van der Waals surface area contributed by atoms with Crippen LogP contribution in [0.2, 0.25) is 0 Å². The zero-order valence-electron chi connectivity index (χ0n) is 9.37. The number of benzene rings is 1. The summed E-state index contributed by atoms with van der Waals surface area (Å²) in [5, 5.41) is 0. The molecule has 1 aliphatic carbocycles. The second-order valence-electron chi connectivity index (χ2n) is 4.48. The van der Waals surface area contributed by atoms with Gasteiger partial charge in [0.1, 0.15) is 5.75 Å². The van der Waals surface area contributed by atoms with E-state index >= 15 is 0 Å². The van der Waals surface area contributed by atoms with Gasteiger partial charge in [-0.15, -0.1) is 13.2 Å². The molecule has 2 nitrogen and oxygen atoms in total. The van der Waals surface area contributed by atoms with Gasteiger partial charge in [0.15, 0.2) is 0 Å². The molecule has 5 heteroatoms. The van der Waals surface area contributed by atoms with Crippen molar-refractivity contribution in [3.63, 3.8) is 0 Å². The molecule has 1 aromatic rings. The van der Waals surface area contributed by atoms with Crippen molar-refractivity contribution >= 4 is 0 Å². The van der Waals surface area contributed by atoms with Crippen molar-refractivity contribution < 1.29 is 17.9 Å². The number of rotatable bonds is 3. The predicted octanol–water partition coefficient (Wildman–Crippen LogP) is 3.04. The summed E-state index contributed by atoms with van der Waals surface area (Å²) >= 11 is 0. The average Bonchev–Trinajstić information content (AvgIpc) is 2.96. The van der Waals surface area contributed by atoms with Crippen molar-refractivity contribution in [2.75, 3.05) is 0 Å². The number of hydrogen-bond acceptors (Lipinski definition) is 2. The van der Waals surface area contributed by atoms with E-state index in [9.17, 15) is 13.2 Å². The van der Waals surface area contributed by atoms with Gasteiger partial charge in [0, 0.05) is 6.04 Å². The van der Waals surface area contributed by atoms with E-state index in [4.69, 9.17) is 5.73 Å². The van der Waals surface area contributed by atoms with Crippen molar-refractivity contribution in [3.8, 4) is 5.75 Å². The van der Waals surface area contributed by atoms with E-state index in [1.807, 2.05) is 6.92 Å². The smallest absolute Gasteiger partial charge is 0.406 e. The van der Waals surface area contributed by atoms with Gasteiger partial charge in [0.25, 0.3) is 0 Å². The van der Waals surface area contributed by atoms with Crippen LogP contribution < -0.4 is 10.5 Å². The summed E-state index contributed by atoms with van der Waals surface area (Å²) in [4.78, 5) is 0. The molecule has 0 heterocycles. The van der Waals surface area contributed by atoms with Crippen LogP contribution in [0.1, 0.15) is 24.8 Å². The fourth-order valence-electron chi connectivity index (χ4n) is 2.10. The highest BCUT2D eigenvalue weighted by molar-refractivity contribution is 5.33.